The minimum Gasteiger partial charge on any atom is -0.489 e. The Balaban J connectivity index is 0.00000154. The molecule has 0 atom stereocenters. The number of aliphatic hydroxyl groups is 1. The molecule has 1 aromatic rings. The van der Waals surface area contributed by atoms with Gasteiger partial charge in [-0.3, -0.25) is 0 Å². The molecule has 0 aromatic heterocycles. The van der Waals surface area contributed by atoms with Crippen LogP contribution in [0.25, 0.3) is 0 Å². The van der Waals surface area contributed by atoms with Crippen LogP contribution in [-0.4, -0.2) is 17.6 Å². The van der Waals surface area contributed by atoms with E-state index in [4.69, 9.17) is 33.2 Å². The zero-order valence-corrected chi connectivity index (χ0v) is 13.1. The van der Waals surface area contributed by atoms with Gasteiger partial charge in [0, 0.05) is 0 Å². The van der Waals surface area contributed by atoms with Gasteiger partial charge in [0.05, 0.1) is 22.1 Å². The van der Waals surface area contributed by atoms with Crippen LogP contribution in [0, 0.1) is 11.3 Å². The van der Waals surface area contributed by atoms with Crippen LogP contribution < -0.4 is 4.74 Å². The summed E-state index contributed by atoms with van der Waals surface area (Å²) in [4.78, 5) is 0. The van der Waals surface area contributed by atoms with Crippen LogP contribution in [0.4, 0.5) is 0 Å². The summed E-state index contributed by atoms with van der Waals surface area (Å²) < 4.78 is 5.31. The summed E-state index contributed by atoms with van der Waals surface area (Å²) in [7, 11) is 0. The molecule has 0 spiro atoms. The molecular weight excluding hydrogens is 285 g/mol. The lowest BCUT2D eigenvalue weighted by molar-refractivity contribution is 0.0785. The van der Waals surface area contributed by atoms with Crippen molar-refractivity contribution in [3.05, 3.63) is 28.3 Å². The molecular formula is C14H19Cl2NO2. The van der Waals surface area contributed by atoms with Gasteiger partial charge in [0.2, 0.25) is 0 Å². The van der Waals surface area contributed by atoms with Crippen molar-refractivity contribution in [2.75, 3.05) is 12.5 Å². The molecule has 0 amide bonds. The van der Waals surface area contributed by atoms with Gasteiger partial charge in [0.25, 0.3) is 0 Å². The lowest BCUT2D eigenvalue weighted by Crippen LogP contribution is -2.16. The third kappa shape index (κ3) is 5.28. The normalized spacial score (nSPS) is 10.2. The van der Waals surface area contributed by atoms with Crippen molar-refractivity contribution in [3.63, 3.8) is 0 Å². The number of ether oxygens (including phenoxy) is 1. The average molecular weight is 304 g/mol. The lowest BCUT2D eigenvalue weighted by atomic mass is 9.96. The van der Waals surface area contributed by atoms with Crippen LogP contribution in [0.3, 0.4) is 0 Å². The van der Waals surface area contributed by atoms with Gasteiger partial charge >= 0.3 is 0 Å². The molecule has 19 heavy (non-hydrogen) atoms. The zero-order chi connectivity index (χ0) is 15.1. The first-order valence-electron chi connectivity index (χ1n) is 6.05. The first kappa shape index (κ1) is 18.0. The van der Waals surface area contributed by atoms with Gasteiger partial charge in [0.1, 0.15) is 12.7 Å². The van der Waals surface area contributed by atoms with Crippen LogP contribution >= 0.6 is 23.2 Å². The van der Waals surface area contributed by atoms with Crippen molar-refractivity contribution in [1.29, 1.82) is 5.26 Å². The molecule has 1 rings (SSSR count). The van der Waals surface area contributed by atoms with Gasteiger partial charge in [-0.05, 0) is 31.5 Å². The highest BCUT2D eigenvalue weighted by Crippen LogP contribution is 2.33. The zero-order valence-electron chi connectivity index (χ0n) is 11.6. The Morgan fingerprint density at radius 1 is 1.37 bits per heavy atom. The van der Waals surface area contributed by atoms with Crippen molar-refractivity contribution in [2.45, 2.75) is 33.3 Å². The molecule has 0 fully saturated rings. The van der Waals surface area contributed by atoms with Gasteiger partial charge in [0.15, 0.2) is 5.75 Å². The summed E-state index contributed by atoms with van der Waals surface area (Å²) in [5, 5.41) is 19.2. The first-order chi connectivity index (χ1) is 8.90. The van der Waals surface area contributed by atoms with Crippen molar-refractivity contribution < 1.29 is 9.84 Å². The van der Waals surface area contributed by atoms with E-state index in [-0.39, 0.29) is 6.61 Å². The van der Waals surface area contributed by atoms with E-state index < -0.39 is 5.60 Å². The van der Waals surface area contributed by atoms with Gasteiger partial charge < -0.3 is 9.84 Å². The number of benzene rings is 1. The van der Waals surface area contributed by atoms with E-state index in [0.717, 1.165) is 0 Å². The molecule has 0 saturated carbocycles. The maximum atomic E-state index is 9.87. The Bertz CT molecular complexity index is 448. The molecule has 5 heteroatoms. The Morgan fingerprint density at radius 2 is 1.95 bits per heavy atom. The summed E-state index contributed by atoms with van der Waals surface area (Å²) in [5.41, 5.74) is -0.197. The second-order valence-electron chi connectivity index (χ2n) is 4.04. The Morgan fingerprint density at radius 3 is 2.37 bits per heavy atom. The van der Waals surface area contributed by atoms with E-state index in [1.165, 1.54) is 0 Å². The molecule has 0 aliphatic heterocycles. The molecule has 0 saturated heterocycles. The highest BCUT2D eigenvalue weighted by Gasteiger charge is 2.20. The van der Waals surface area contributed by atoms with Crippen molar-refractivity contribution in [1.82, 2.24) is 0 Å². The Hall–Kier alpha value is -0.950. The van der Waals surface area contributed by atoms with Crippen LogP contribution in [0.15, 0.2) is 12.1 Å². The molecule has 3 nitrogen and oxygen atoms in total. The maximum Gasteiger partial charge on any atom is 0.155 e. The first-order valence-corrected chi connectivity index (χ1v) is 6.96. The van der Waals surface area contributed by atoms with Crippen molar-refractivity contribution in [3.8, 4) is 11.8 Å². The third-order valence-electron chi connectivity index (χ3n) is 2.19. The third-order valence-corrected chi connectivity index (χ3v) is 2.63. The quantitative estimate of drug-likeness (QED) is 0.853. The number of nitrogens with zero attached hydrogens (tertiary/aromatic N) is 1. The number of alkyl halides is 1. The highest BCUT2D eigenvalue weighted by atomic mass is 35.5. The Labute approximate surface area is 124 Å². The summed E-state index contributed by atoms with van der Waals surface area (Å²) in [6.45, 7) is 7.52. The summed E-state index contributed by atoms with van der Waals surface area (Å²) in [6.07, 6.45) is 0. The Kier molecular flexibility index (Phi) is 7.85. The molecule has 0 heterocycles. The number of hydrogen-bond acceptors (Lipinski definition) is 3. The maximum absolute atomic E-state index is 9.87. The van der Waals surface area contributed by atoms with Crippen LogP contribution in [0.1, 0.15) is 38.8 Å². The topological polar surface area (TPSA) is 53.2 Å². The predicted molar refractivity (Wildman–Crippen MR) is 79.0 cm³/mol. The lowest BCUT2D eigenvalue weighted by Gasteiger charge is -2.19. The molecule has 0 radical (unpaired) electrons. The van der Waals surface area contributed by atoms with Gasteiger partial charge in [-0.15, -0.1) is 11.6 Å². The van der Waals surface area contributed by atoms with Crippen molar-refractivity contribution >= 4 is 23.2 Å². The number of halogens is 2. The van der Waals surface area contributed by atoms with E-state index in [2.05, 4.69) is 0 Å². The largest absolute Gasteiger partial charge is 0.489 e. The number of rotatable bonds is 4. The predicted octanol–water partition coefficient (Wildman–Crippen LogP) is 4.08. The average Bonchev–Trinajstić information content (AvgIpc) is 2.37. The van der Waals surface area contributed by atoms with Crippen LogP contribution in [0.2, 0.25) is 5.02 Å². The summed E-state index contributed by atoms with van der Waals surface area (Å²) in [5.74, 6) is 0.622. The van der Waals surface area contributed by atoms with E-state index in [0.29, 0.717) is 27.8 Å². The van der Waals surface area contributed by atoms with Crippen LogP contribution in [-0.2, 0) is 5.60 Å². The molecule has 1 aromatic carbocycles. The second-order valence-corrected chi connectivity index (χ2v) is 4.83. The van der Waals surface area contributed by atoms with Gasteiger partial charge in [-0.25, -0.2) is 0 Å². The monoisotopic (exact) mass is 303 g/mol. The highest BCUT2D eigenvalue weighted by molar-refractivity contribution is 6.32. The van der Waals surface area contributed by atoms with Crippen LogP contribution in [0.5, 0.6) is 5.75 Å². The molecule has 106 valence electrons. The molecule has 1 N–H and O–H groups in total. The van der Waals surface area contributed by atoms with E-state index in [9.17, 15) is 5.11 Å². The second kappa shape index (κ2) is 8.27. The minimum absolute atomic E-state index is 0.276. The van der Waals surface area contributed by atoms with E-state index in [1.807, 2.05) is 19.9 Å². The van der Waals surface area contributed by atoms with Gasteiger partial charge in [-0.1, -0.05) is 25.4 Å². The summed E-state index contributed by atoms with van der Waals surface area (Å²) >= 11 is 11.5. The standard InChI is InChI=1S/C12H13Cl2NO2.C2H6/c1-12(2,16)9-5-8(7-15)11(10(14)6-9)17-4-3-13;1-2/h5-6,16H,3-4H2,1-2H3;1-2H3. The smallest absolute Gasteiger partial charge is 0.155 e. The molecule has 0 unspecified atom stereocenters. The molecule has 0 bridgehead atoms. The molecule has 0 aliphatic rings. The fourth-order valence-electron chi connectivity index (χ4n) is 1.32. The number of hydrogen-bond donors (Lipinski definition) is 1. The minimum atomic E-state index is -1.06. The summed E-state index contributed by atoms with van der Waals surface area (Å²) in [6, 6.07) is 5.15. The van der Waals surface area contributed by atoms with Gasteiger partial charge in [-0.2, -0.15) is 5.26 Å². The molecule has 0 aliphatic carbocycles. The SMILES string of the molecule is CC.CC(C)(O)c1cc(Cl)c(OCCCl)c(C#N)c1. The van der Waals surface area contributed by atoms with E-state index in [1.54, 1.807) is 26.0 Å². The van der Waals surface area contributed by atoms with E-state index >= 15 is 0 Å². The fraction of sp³-hybridized carbons (Fsp3) is 0.500. The van der Waals surface area contributed by atoms with Crippen molar-refractivity contribution in [2.24, 2.45) is 0 Å². The fourth-order valence-corrected chi connectivity index (χ4v) is 1.67. The number of nitriles is 1.